The van der Waals surface area contributed by atoms with E-state index in [4.69, 9.17) is 5.73 Å². The van der Waals surface area contributed by atoms with Crippen LogP contribution in [0.4, 0.5) is 0 Å². The second-order valence-electron chi connectivity index (χ2n) is 4.98. The van der Waals surface area contributed by atoms with E-state index in [9.17, 15) is 14.7 Å². The number of nitrogens with two attached hydrogens (primary N) is 1. The van der Waals surface area contributed by atoms with Crippen LogP contribution in [0.3, 0.4) is 0 Å². The third kappa shape index (κ3) is 2.77. The van der Waals surface area contributed by atoms with Crippen molar-refractivity contribution in [2.75, 3.05) is 19.6 Å². The van der Waals surface area contributed by atoms with Gasteiger partial charge in [0.25, 0.3) is 0 Å². The Morgan fingerprint density at radius 1 is 1.53 bits per heavy atom. The Labute approximate surface area is 102 Å². The van der Waals surface area contributed by atoms with E-state index < -0.39 is 11.4 Å². The standard InChI is InChI=1S/C12H22N2O3/c1-3-4-12(11(16)17)5-6-14(8-12)10(15)9(2)7-13/h9H,3-8,13H2,1-2H3,(H,16,17). The molecule has 1 amide bonds. The summed E-state index contributed by atoms with van der Waals surface area (Å²) in [5, 5.41) is 9.33. The lowest BCUT2D eigenvalue weighted by atomic mass is 9.83. The molecule has 0 aliphatic carbocycles. The SMILES string of the molecule is CCCC1(C(=O)O)CCN(C(=O)C(C)CN)C1. The molecule has 5 heteroatoms. The fourth-order valence-electron chi connectivity index (χ4n) is 2.44. The zero-order valence-corrected chi connectivity index (χ0v) is 10.6. The average Bonchev–Trinajstić information content (AvgIpc) is 2.73. The van der Waals surface area contributed by atoms with Crippen molar-refractivity contribution in [3.8, 4) is 0 Å². The van der Waals surface area contributed by atoms with E-state index in [2.05, 4.69) is 0 Å². The van der Waals surface area contributed by atoms with E-state index in [0.717, 1.165) is 6.42 Å². The predicted octanol–water partition coefficient (Wildman–Crippen LogP) is 0.685. The van der Waals surface area contributed by atoms with Crippen LogP contribution >= 0.6 is 0 Å². The minimum Gasteiger partial charge on any atom is -0.481 e. The van der Waals surface area contributed by atoms with Gasteiger partial charge in [0.2, 0.25) is 5.91 Å². The van der Waals surface area contributed by atoms with Gasteiger partial charge in [0, 0.05) is 25.6 Å². The first-order chi connectivity index (χ1) is 7.96. The molecule has 3 N–H and O–H groups in total. The first-order valence-corrected chi connectivity index (χ1v) is 6.19. The molecule has 1 fully saturated rings. The number of carboxylic acids is 1. The number of likely N-dealkylation sites (tertiary alicyclic amines) is 1. The summed E-state index contributed by atoms with van der Waals surface area (Å²) < 4.78 is 0. The van der Waals surface area contributed by atoms with E-state index in [1.54, 1.807) is 11.8 Å². The van der Waals surface area contributed by atoms with Gasteiger partial charge in [-0.1, -0.05) is 20.3 Å². The minimum atomic E-state index is -0.782. The van der Waals surface area contributed by atoms with Crippen molar-refractivity contribution < 1.29 is 14.7 Å². The second kappa shape index (κ2) is 5.49. The Kier molecular flexibility index (Phi) is 4.51. The maximum atomic E-state index is 11.9. The number of aliphatic carboxylic acids is 1. The molecular weight excluding hydrogens is 220 g/mol. The van der Waals surface area contributed by atoms with Gasteiger partial charge >= 0.3 is 5.97 Å². The van der Waals surface area contributed by atoms with Crippen molar-refractivity contribution in [2.24, 2.45) is 17.1 Å². The third-order valence-electron chi connectivity index (χ3n) is 3.62. The molecule has 0 aromatic rings. The van der Waals surface area contributed by atoms with Crippen molar-refractivity contribution >= 4 is 11.9 Å². The molecular formula is C12H22N2O3. The highest BCUT2D eigenvalue weighted by atomic mass is 16.4. The highest BCUT2D eigenvalue weighted by Crippen LogP contribution is 2.36. The quantitative estimate of drug-likeness (QED) is 0.742. The van der Waals surface area contributed by atoms with E-state index in [0.29, 0.717) is 32.5 Å². The molecule has 1 heterocycles. The average molecular weight is 242 g/mol. The maximum Gasteiger partial charge on any atom is 0.311 e. The van der Waals surface area contributed by atoms with Crippen molar-refractivity contribution in [2.45, 2.75) is 33.1 Å². The zero-order valence-electron chi connectivity index (χ0n) is 10.6. The monoisotopic (exact) mass is 242 g/mol. The molecule has 1 aliphatic heterocycles. The van der Waals surface area contributed by atoms with E-state index in [1.807, 2.05) is 6.92 Å². The van der Waals surface area contributed by atoms with Crippen LogP contribution in [0.5, 0.6) is 0 Å². The molecule has 17 heavy (non-hydrogen) atoms. The Hall–Kier alpha value is -1.10. The van der Waals surface area contributed by atoms with Crippen LogP contribution in [0.1, 0.15) is 33.1 Å². The number of amides is 1. The molecule has 1 rings (SSSR count). The predicted molar refractivity (Wildman–Crippen MR) is 64.4 cm³/mol. The number of carbonyl (C=O) groups excluding carboxylic acids is 1. The highest BCUT2D eigenvalue weighted by Gasteiger charge is 2.45. The molecule has 0 saturated carbocycles. The van der Waals surface area contributed by atoms with Gasteiger partial charge in [0.1, 0.15) is 0 Å². The summed E-state index contributed by atoms with van der Waals surface area (Å²) in [4.78, 5) is 25.0. The number of carboxylic acid groups (broad SMARTS) is 1. The van der Waals surface area contributed by atoms with Gasteiger partial charge in [-0.15, -0.1) is 0 Å². The first-order valence-electron chi connectivity index (χ1n) is 6.19. The highest BCUT2D eigenvalue weighted by molar-refractivity contribution is 5.82. The summed E-state index contributed by atoms with van der Waals surface area (Å²) in [7, 11) is 0. The van der Waals surface area contributed by atoms with Gasteiger partial charge in [-0.2, -0.15) is 0 Å². The smallest absolute Gasteiger partial charge is 0.311 e. The summed E-state index contributed by atoms with van der Waals surface area (Å²) in [6.07, 6.45) is 2.00. The van der Waals surface area contributed by atoms with Crippen molar-refractivity contribution in [1.82, 2.24) is 4.90 Å². The van der Waals surface area contributed by atoms with Crippen LogP contribution < -0.4 is 5.73 Å². The van der Waals surface area contributed by atoms with Crippen LogP contribution in [0.15, 0.2) is 0 Å². The van der Waals surface area contributed by atoms with Crippen LogP contribution in [0.25, 0.3) is 0 Å². The summed E-state index contributed by atoms with van der Waals surface area (Å²) in [5.74, 6) is -1.02. The fraction of sp³-hybridized carbons (Fsp3) is 0.833. The number of hydrogen-bond donors (Lipinski definition) is 2. The molecule has 5 nitrogen and oxygen atoms in total. The van der Waals surface area contributed by atoms with Gasteiger partial charge in [-0.05, 0) is 12.8 Å². The first kappa shape index (κ1) is 14.0. The Balaban J connectivity index is 2.73. The molecule has 0 spiro atoms. The number of hydrogen-bond acceptors (Lipinski definition) is 3. The number of carbonyl (C=O) groups is 2. The van der Waals surface area contributed by atoms with Crippen molar-refractivity contribution in [1.29, 1.82) is 0 Å². The van der Waals surface area contributed by atoms with Crippen LogP contribution in [0.2, 0.25) is 0 Å². The molecule has 0 aromatic heterocycles. The lowest BCUT2D eigenvalue weighted by Gasteiger charge is -2.25. The van der Waals surface area contributed by atoms with Crippen molar-refractivity contribution in [3.05, 3.63) is 0 Å². The molecule has 98 valence electrons. The summed E-state index contributed by atoms with van der Waals surface area (Å²) in [6.45, 7) is 4.93. The largest absolute Gasteiger partial charge is 0.481 e. The Bertz CT molecular complexity index is 306. The molecule has 1 aliphatic rings. The van der Waals surface area contributed by atoms with E-state index >= 15 is 0 Å². The van der Waals surface area contributed by atoms with Crippen LogP contribution in [0, 0.1) is 11.3 Å². The van der Waals surface area contributed by atoms with E-state index in [-0.39, 0.29) is 11.8 Å². The number of nitrogens with zero attached hydrogens (tertiary/aromatic N) is 1. The zero-order chi connectivity index (χ0) is 13.1. The van der Waals surface area contributed by atoms with Gasteiger partial charge in [0.15, 0.2) is 0 Å². The summed E-state index contributed by atoms with van der Waals surface area (Å²) in [5.41, 5.74) is 4.73. The molecule has 2 atom stereocenters. The van der Waals surface area contributed by atoms with Gasteiger partial charge in [0.05, 0.1) is 5.41 Å². The minimum absolute atomic E-state index is 0.0215. The molecule has 0 aromatic carbocycles. The fourth-order valence-corrected chi connectivity index (χ4v) is 2.44. The van der Waals surface area contributed by atoms with E-state index in [1.165, 1.54) is 0 Å². The number of rotatable bonds is 5. The molecule has 0 radical (unpaired) electrons. The van der Waals surface area contributed by atoms with Gasteiger partial charge in [-0.3, -0.25) is 9.59 Å². The lowest BCUT2D eigenvalue weighted by Crippen LogP contribution is -2.40. The molecule has 0 bridgehead atoms. The van der Waals surface area contributed by atoms with Crippen LogP contribution in [-0.2, 0) is 9.59 Å². The maximum absolute atomic E-state index is 11.9. The summed E-state index contributed by atoms with van der Waals surface area (Å²) >= 11 is 0. The lowest BCUT2D eigenvalue weighted by molar-refractivity contribution is -0.149. The Morgan fingerprint density at radius 3 is 2.65 bits per heavy atom. The normalized spacial score (nSPS) is 25.9. The molecule has 2 unspecified atom stereocenters. The van der Waals surface area contributed by atoms with Crippen LogP contribution in [-0.4, -0.2) is 41.5 Å². The van der Waals surface area contributed by atoms with Crippen molar-refractivity contribution in [3.63, 3.8) is 0 Å². The van der Waals surface area contributed by atoms with Gasteiger partial charge in [-0.25, -0.2) is 0 Å². The topological polar surface area (TPSA) is 83.6 Å². The van der Waals surface area contributed by atoms with Gasteiger partial charge < -0.3 is 15.7 Å². The Morgan fingerprint density at radius 2 is 2.18 bits per heavy atom. The second-order valence-corrected chi connectivity index (χ2v) is 4.98. The molecule has 1 saturated heterocycles. The summed E-state index contributed by atoms with van der Waals surface area (Å²) in [6, 6.07) is 0. The third-order valence-corrected chi connectivity index (χ3v) is 3.62.